The number of hydrogen-bond acceptors (Lipinski definition) is 9. The van der Waals surface area contributed by atoms with Gasteiger partial charge in [-0.2, -0.15) is 0 Å². The van der Waals surface area contributed by atoms with Crippen LogP contribution in [0.5, 0.6) is 5.75 Å². The van der Waals surface area contributed by atoms with Crippen LogP contribution in [-0.2, 0) is 13.1 Å². The number of carbonyl (C=O) groups is 2. The molecule has 0 amide bonds. The molecule has 2 aromatic heterocycles. The first-order valence-electron chi connectivity index (χ1n) is 16.8. The average molecular weight is 717 g/mol. The summed E-state index contributed by atoms with van der Waals surface area (Å²) < 4.78 is 6.63. The third-order valence-corrected chi connectivity index (χ3v) is 9.14. The van der Waals surface area contributed by atoms with E-state index in [9.17, 15) is 29.7 Å². The number of phenolic OH excluding ortho intramolecular Hbond substituents is 1. The molecule has 11 heteroatoms. The molecule has 0 saturated heterocycles. The maximum Gasteiger partial charge on any atom is 0.336 e. The third kappa shape index (κ3) is 6.30. The van der Waals surface area contributed by atoms with Crippen molar-refractivity contribution < 1.29 is 29.3 Å². The van der Waals surface area contributed by atoms with Crippen molar-refractivity contribution in [1.82, 2.24) is 9.97 Å². The Labute approximate surface area is 307 Å². The van der Waals surface area contributed by atoms with Crippen LogP contribution in [0, 0.1) is 0 Å². The smallest absolute Gasteiger partial charge is 0.336 e. The molecule has 3 heterocycles. The zero-order valence-corrected chi connectivity index (χ0v) is 28.7. The number of anilines is 2. The minimum Gasteiger partial charge on any atom is -0.507 e. The number of pyridine rings is 2. The van der Waals surface area contributed by atoms with Gasteiger partial charge in [0.05, 0.1) is 44.7 Å². The van der Waals surface area contributed by atoms with Crippen LogP contribution in [0.3, 0.4) is 0 Å². The van der Waals surface area contributed by atoms with E-state index < -0.39 is 11.9 Å². The van der Waals surface area contributed by atoms with Crippen molar-refractivity contribution in [2.24, 2.45) is 0 Å². The summed E-state index contributed by atoms with van der Waals surface area (Å²) in [5.41, 5.74) is 3.75. The van der Waals surface area contributed by atoms with E-state index in [1.165, 1.54) is 30.3 Å². The number of hydrogen-bond donors (Lipinski definition) is 5. The average Bonchev–Trinajstić information content (AvgIpc) is 3.19. The first kappa shape index (κ1) is 34.9. The second-order valence-electron chi connectivity index (χ2n) is 12.2. The summed E-state index contributed by atoms with van der Waals surface area (Å²) in [5.74, 6) is -2.48. The number of nitrogens with zero attached hydrogens (tertiary/aromatic N) is 2. The highest BCUT2D eigenvalue weighted by Gasteiger charge is 2.27. The molecule has 0 spiro atoms. The molecule has 54 heavy (non-hydrogen) atoms. The largest absolute Gasteiger partial charge is 0.507 e. The Hall–Kier alpha value is -7.53. The molecular weight excluding hydrogens is 684 g/mol. The summed E-state index contributed by atoms with van der Waals surface area (Å²) in [7, 11) is 0. The van der Waals surface area contributed by atoms with E-state index in [0.29, 0.717) is 39.0 Å². The molecule has 4 aromatic carbocycles. The molecule has 0 radical (unpaired) electrons. The monoisotopic (exact) mass is 716 g/mol. The van der Waals surface area contributed by atoms with Gasteiger partial charge in [0.25, 0.3) is 0 Å². The van der Waals surface area contributed by atoms with Crippen molar-refractivity contribution in [3.8, 4) is 28.2 Å². The van der Waals surface area contributed by atoms with Crippen LogP contribution in [0.25, 0.3) is 55.2 Å². The lowest BCUT2D eigenvalue weighted by Gasteiger charge is -2.21. The Bertz CT molecular complexity index is 2770. The second-order valence-corrected chi connectivity index (χ2v) is 12.2. The minimum absolute atomic E-state index is 0.00926. The van der Waals surface area contributed by atoms with E-state index in [2.05, 4.69) is 33.8 Å². The molecule has 0 bridgehead atoms. The fourth-order valence-corrected chi connectivity index (χ4v) is 6.66. The molecular formula is C43H32N4O7. The van der Waals surface area contributed by atoms with Gasteiger partial charge in [-0.25, -0.2) is 9.59 Å². The highest BCUT2D eigenvalue weighted by atomic mass is 16.4. The number of carboxylic acids is 2. The SMILES string of the molecule is C=C.O=C(O)c1ccc(C(=O)O)c(-c2c3ccc(=O)c(CNc4cccc5cccnc45)c-3oc3c(CNc4cccc5cccnc45)c(O)ccc23)c1. The van der Waals surface area contributed by atoms with Crippen LogP contribution < -0.4 is 16.1 Å². The number of carboxylic acid groups (broad SMARTS) is 2. The maximum atomic E-state index is 13.7. The number of nitrogens with one attached hydrogen (secondary N) is 2. The van der Waals surface area contributed by atoms with E-state index in [4.69, 9.17) is 4.42 Å². The van der Waals surface area contributed by atoms with E-state index >= 15 is 0 Å². The number of para-hydroxylation sites is 2. The van der Waals surface area contributed by atoms with E-state index in [-0.39, 0.29) is 57.9 Å². The van der Waals surface area contributed by atoms with Gasteiger partial charge in [0, 0.05) is 52.8 Å². The van der Waals surface area contributed by atoms with E-state index in [0.717, 1.165) is 16.3 Å². The van der Waals surface area contributed by atoms with Gasteiger partial charge in [-0.3, -0.25) is 14.8 Å². The summed E-state index contributed by atoms with van der Waals surface area (Å²) in [4.78, 5) is 47.4. The Kier molecular flexibility index (Phi) is 9.44. The predicted octanol–water partition coefficient (Wildman–Crippen LogP) is 8.79. The zero-order valence-electron chi connectivity index (χ0n) is 28.7. The summed E-state index contributed by atoms with van der Waals surface area (Å²) >= 11 is 0. The molecule has 0 fully saturated rings. The second kappa shape index (κ2) is 14.6. The Morgan fingerprint density at radius 1 is 0.685 bits per heavy atom. The van der Waals surface area contributed by atoms with Gasteiger partial charge in [0.15, 0.2) is 5.43 Å². The maximum absolute atomic E-state index is 13.7. The van der Waals surface area contributed by atoms with Gasteiger partial charge < -0.3 is 30.4 Å². The molecule has 2 aliphatic rings. The van der Waals surface area contributed by atoms with Gasteiger partial charge in [-0.05, 0) is 72.3 Å². The van der Waals surface area contributed by atoms with Crippen molar-refractivity contribution in [2.45, 2.75) is 13.1 Å². The van der Waals surface area contributed by atoms with Crippen LogP contribution in [0.4, 0.5) is 11.4 Å². The van der Waals surface area contributed by atoms with Gasteiger partial charge in [0.2, 0.25) is 0 Å². The Morgan fingerprint density at radius 2 is 1.30 bits per heavy atom. The number of aromatic carboxylic acids is 2. The lowest BCUT2D eigenvalue weighted by molar-refractivity contribution is 0.0682. The van der Waals surface area contributed by atoms with Crippen LogP contribution in [-0.4, -0.2) is 37.2 Å². The first-order valence-corrected chi connectivity index (χ1v) is 16.8. The minimum atomic E-state index is -1.27. The standard InChI is InChI=1S/C41H28N4O7.C2H4/c46-33-15-13-26-35(28-19-24(40(48)49)11-12-25(28)41(50)51)27-14-16-34(47)30(21-45-32-10-2-6-23-8-4-18-43-37(23)32)39(27)52-38(26)29(33)20-44-31-9-1-5-22-7-3-17-42-36(22)31;1-2/h1-19,44-46H,20-21H2,(H,48,49)(H,50,51);1-2H2. The van der Waals surface area contributed by atoms with Crippen molar-refractivity contribution in [2.75, 3.05) is 10.6 Å². The van der Waals surface area contributed by atoms with Crippen molar-refractivity contribution in [3.05, 3.63) is 161 Å². The number of phenols is 1. The molecule has 6 aromatic rings. The van der Waals surface area contributed by atoms with Gasteiger partial charge in [0.1, 0.15) is 17.1 Å². The molecule has 1 aliphatic carbocycles. The number of benzene rings is 5. The van der Waals surface area contributed by atoms with Crippen molar-refractivity contribution in [1.29, 1.82) is 0 Å². The molecule has 5 N–H and O–H groups in total. The highest BCUT2D eigenvalue weighted by Crippen LogP contribution is 2.45. The quantitative estimate of drug-likeness (QED) is 0.0713. The summed E-state index contributed by atoms with van der Waals surface area (Å²) in [6.45, 7) is 6.07. The molecule has 0 atom stereocenters. The highest BCUT2D eigenvalue weighted by molar-refractivity contribution is 6.10. The van der Waals surface area contributed by atoms with Crippen LogP contribution in [0.15, 0.2) is 138 Å². The number of rotatable bonds is 9. The number of aromatic hydroxyl groups is 1. The molecule has 0 unspecified atom stereocenters. The summed E-state index contributed by atoms with van der Waals surface area (Å²) in [6.07, 6.45) is 3.37. The fraction of sp³-hybridized carbons (Fsp3) is 0.0465. The van der Waals surface area contributed by atoms with E-state index in [1.807, 2.05) is 60.7 Å². The zero-order chi connectivity index (χ0) is 37.9. The van der Waals surface area contributed by atoms with Gasteiger partial charge in [-0.1, -0.05) is 36.4 Å². The van der Waals surface area contributed by atoms with Gasteiger partial charge in [-0.15, -0.1) is 13.2 Å². The topological polar surface area (TPSA) is 175 Å². The molecule has 0 saturated carbocycles. The lowest BCUT2D eigenvalue weighted by atomic mass is 9.87. The molecule has 266 valence electrons. The lowest BCUT2D eigenvalue weighted by Crippen LogP contribution is -2.15. The molecule has 1 aliphatic heterocycles. The van der Waals surface area contributed by atoms with Crippen LogP contribution >= 0.6 is 0 Å². The summed E-state index contributed by atoms with van der Waals surface area (Å²) in [6, 6.07) is 28.7. The number of fused-ring (bicyclic) bond motifs is 4. The van der Waals surface area contributed by atoms with Gasteiger partial charge >= 0.3 is 11.9 Å². The number of aromatic nitrogens is 2. The third-order valence-electron chi connectivity index (χ3n) is 9.14. The van der Waals surface area contributed by atoms with E-state index in [1.54, 1.807) is 24.5 Å². The Balaban J connectivity index is 0.00000221. The molecule has 8 rings (SSSR count). The van der Waals surface area contributed by atoms with Crippen molar-refractivity contribution >= 4 is 56.1 Å². The van der Waals surface area contributed by atoms with Crippen LogP contribution in [0.2, 0.25) is 0 Å². The molecule has 11 nitrogen and oxygen atoms in total. The van der Waals surface area contributed by atoms with Crippen LogP contribution in [0.1, 0.15) is 31.8 Å². The normalized spacial score (nSPS) is 11.0. The summed E-state index contributed by atoms with van der Waals surface area (Å²) in [5, 5.41) is 40.4. The Morgan fingerprint density at radius 3 is 1.91 bits per heavy atom. The fourth-order valence-electron chi connectivity index (χ4n) is 6.66. The van der Waals surface area contributed by atoms with Crippen molar-refractivity contribution in [3.63, 3.8) is 0 Å². The predicted molar refractivity (Wildman–Crippen MR) is 210 cm³/mol. The first-order chi connectivity index (χ1) is 26.3.